The van der Waals surface area contributed by atoms with Gasteiger partial charge in [0, 0.05) is 25.4 Å². The monoisotopic (exact) mass is 339 g/mol. The minimum Gasteiger partial charge on any atom is -0.362 e. The minimum atomic E-state index is 0.391. The molecule has 1 fully saturated rings. The van der Waals surface area contributed by atoms with E-state index < -0.39 is 0 Å². The number of rotatable bonds is 5. The van der Waals surface area contributed by atoms with Crippen LogP contribution in [0.15, 0.2) is 24.3 Å². The SMILES string of the molecule is CC1CCC(CC(C)[C@H](C)c2nc(N(C)C)c3ccccc3n2)CC1. The number of para-hydroxylation sites is 1. The van der Waals surface area contributed by atoms with Crippen molar-refractivity contribution >= 4 is 16.7 Å². The Kier molecular flexibility index (Phi) is 5.61. The lowest BCUT2D eigenvalue weighted by Gasteiger charge is -2.30. The van der Waals surface area contributed by atoms with Gasteiger partial charge in [-0.2, -0.15) is 0 Å². The molecule has 1 aromatic heterocycles. The highest BCUT2D eigenvalue weighted by atomic mass is 15.2. The Morgan fingerprint density at radius 3 is 2.40 bits per heavy atom. The van der Waals surface area contributed by atoms with Crippen molar-refractivity contribution in [2.75, 3.05) is 19.0 Å². The molecule has 0 amide bonds. The van der Waals surface area contributed by atoms with Gasteiger partial charge < -0.3 is 4.90 Å². The van der Waals surface area contributed by atoms with Crippen LogP contribution in [0.25, 0.3) is 10.9 Å². The second-order valence-corrected chi connectivity index (χ2v) is 8.44. The Morgan fingerprint density at radius 1 is 1.04 bits per heavy atom. The van der Waals surface area contributed by atoms with Gasteiger partial charge in [0.15, 0.2) is 0 Å². The molecule has 3 nitrogen and oxygen atoms in total. The van der Waals surface area contributed by atoms with Crippen molar-refractivity contribution in [1.29, 1.82) is 0 Å². The molecule has 0 N–H and O–H groups in total. The maximum Gasteiger partial charge on any atom is 0.139 e. The largest absolute Gasteiger partial charge is 0.362 e. The summed E-state index contributed by atoms with van der Waals surface area (Å²) in [6, 6.07) is 8.35. The molecule has 1 aliphatic rings. The van der Waals surface area contributed by atoms with Gasteiger partial charge in [0.05, 0.1) is 5.52 Å². The van der Waals surface area contributed by atoms with Crippen molar-refractivity contribution in [2.45, 2.75) is 58.8 Å². The molecular weight excluding hydrogens is 306 g/mol. The number of nitrogens with zero attached hydrogens (tertiary/aromatic N) is 3. The van der Waals surface area contributed by atoms with E-state index >= 15 is 0 Å². The summed E-state index contributed by atoms with van der Waals surface area (Å²) in [4.78, 5) is 12.0. The average Bonchev–Trinajstić information content (AvgIpc) is 2.61. The van der Waals surface area contributed by atoms with Crippen molar-refractivity contribution < 1.29 is 0 Å². The molecule has 2 atom stereocenters. The number of anilines is 1. The van der Waals surface area contributed by atoms with E-state index in [9.17, 15) is 0 Å². The molecular formula is C22H33N3. The van der Waals surface area contributed by atoms with Crippen molar-refractivity contribution in [2.24, 2.45) is 17.8 Å². The topological polar surface area (TPSA) is 29.0 Å². The summed E-state index contributed by atoms with van der Waals surface area (Å²) in [6.45, 7) is 7.09. The molecule has 3 heteroatoms. The highest BCUT2D eigenvalue weighted by Gasteiger charge is 2.25. The summed E-state index contributed by atoms with van der Waals surface area (Å²) in [7, 11) is 4.13. The van der Waals surface area contributed by atoms with Crippen LogP contribution in [0.4, 0.5) is 5.82 Å². The zero-order valence-corrected chi connectivity index (χ0v) is 16.5. The van der Waals surface area contributed by atoms with Crippen LogP contribution < -0.4 is 4.90 Å². The molecule has 0 saturated heterocycles. The lowest BCUT2D eigenvalue weighted by atomic mass is 9.76. The van der Waals surface area contributed by atoms with E-state index in [4.69, 9.17) is 9.97 Å². The van der Waals surface area contributed by atoms with Crippen LogP contribution in [0.3, 0.4) is 0 Å². The third kappa shape index (κ3) is 4.13. The van der Waals surface area contributed by atoms with E-state index in [0.717, 1.165) is 34.4 Å². The van der Waals surface area contributed by atoms with Crippen LogP contribution in [-0.2, 0) is 0 Å². The fourth-order valence-corrected chi connectivity index (χ4v) is 4.17. The lowest BCUT2D eigenvalue weighted by Crippen LogP contribution is -2.20. The van der Waals surface area contributed by atoms with Gasteiger partial charge >= 0.3 is 0 Å². The van der Waals surface area contributed by atoms with Crippen LogP contribution in [0.1, 0.15) is 64.6 Å². The quantitative estimate of drug-likeness (QED) is 0.704. The van der Waals surface area contributed by atoms with E-state index in [2.05, 4.69) is 64.0 Å². The Morgan fingerprint density at radius 2 is 1.72 bits per heavy atom. The Hall–Kier alpha value is -1.64. The van der Waals surface area contributed by atoms with Crippen molar-refractivity contribution in [1.82, 2.24) is 9.97 Å². The Bertz CT molecular complexity index is 701. The van der Waals surface area contributed by atoms with E-state index in [-0.39, 0.29) is 0 Å². The van der Waals surface area contributed by atoms with Crippen molar-refractivity contribution in [3.8, 4) is 0 Å². The van der Waals surface area contributed by atoms with Gasteiger partial charge in [0.1, 0.15) is 11.6 Å². The lowest BCUT2D eigenvalue weighted by molar-refractivity contribution is 0.239. The molecule has 3 rings (SSSR count). The predicted octanol–water partition coefficient (Wildman–Crippen LogP) is 5.65. The third-order valence-electron chi connectivity index (χ3n) is 6.13. The molecule has 0 radical (unpaired) electrons. The number of hydrogen-bond donors (Lipinski definition) is 0. The summed E-state index contributed by atoms with van der Waals surface area (Å²) in [6.07, 6.45) is 6.92. The summed E-state index contributed by atoms with van der Waals surface area (Å²) >= 11 is 0. The smallest absolute Gasteiger partial charge is 0.139 e. The number of hydrogen-bond acceptors (Lipinski definition) is 3. The van der Waals surface area contributed by atoms with Crippen molar-refractivity contribution in [3.05, 3.63) is 30.1 Å². The maximum atomic E-state index is 4.94. The van der Waals surface area contributed by atoms with Gasteiger partial charge in [-0.1, -0.05) is 58.6 Å². The Balaban J connectivity index is 1.80. The summed E-state index contributed by atoms with van der Waals surface area (Å²) in [5, 5.41) is 1.14. The normalized spacial score (nSPS) is 23.4. The molecule has 1 unspecified atom stereocenters. The summed E-state index contributed by atoms with van der Waals surface area (Å²) < 4.78 is 0. The zero-order chi connectivity index (χ0) is 18.0. The molecule has 1 saturated carbocycles. The molecule has 1 heterocycles. The van der Waals surface area contributed by atoms with E-state index in [0.29, 0.717) is 11.8 Å². The highest BCUT2D eigenvalue weighted by molar-refractivity contribution is 5.89. The number of fused-ring (bicyclic) bond motifs is 1. The third-order valence-corrected chi connectivity index (χ3v) is 6.13. The number of benzene rings is 1. The molecule has 136 valence electrons. The van der Waals surface area contributed by atoms with E-state index in [1.807, 2.05) is 0 Å². The van der Waals surface area contributed by atoms with Crippen LogP contribution in [0, 0.1) is 17.8 Å². The predicted molar refractivity (Wildman–Crippen MR) is 107 cm³/mol. The highest BCUT2D eigenvalue weighted by Crippen LogP contribution is 2.36. The summed E-state index contributed by atoms with van der Waals surface area (Å²) in [5.41, 5.74) is 1.06. The molecule has 25 heavy (non-hydrogen) atoms. The average molecular weight is 340 g/mol. The fraction of sp³-hybridized carbons (Fsp3) is 0.636. The van der Waals surface area contributed by atoms with Gasteiger partial charge in [-0.3, -0.25) is 0 Å². The first-order valence-corrected chi connectivity index (χ1v) is 9.89. The molecule has 1 aromatic carbocycles. The van der Waals surface area contributed by atoms with Crippen LogP contribution in [0.5, 0.6) is 0 Å². The molecule has 0 aliphatic heterocycles. The van der Waals surface area contributed by atoms with Crippen LogP contribution >= 0.6 is 0 Å². The Labute approximate surface area is 152 Å². The number of aromatic nitrogens is 2. The first-order valence-electron chi connectivity index (χ1n) is 9.89. The molecule has 1 aliphatic carbocycles. The standard InChI is InChI=1S/C22H33N3/c1-15-10-12-18(13-11-15)14-16(2)17(3)21-23-20-9-7-6-8-19(20)22(24-21)25(4)5/h6-9,15-18H,10-14H2,1-5H3/t15?,16?,17-,18?/m0/s1. The second kappa shape index (κ2) is 7.72. The van der Waals surface area contributed by atoms with Gasteiger partial charge in [-0.15, -0.1) is 0 Å². The van der Waals surface area contributed by atoms with Gasteiger partial charge in [-0.25, -0.2) is 9.97 Å². The summed E-state index contributed by atoms with van der Waals surface area (Å²) in [5.74, 6) is 4.86. The van der Waals surface area contributed by atoms with E-state index in [1.165, 1.54) is 32.1 Å². The van der Waals surface area contributed by atoms with Crippen LogP contribution in [-0.4, -0.2) is 24.1 Å². The van der Waals surface area contributed by atoms with Crippen molar-refractivity contribution in [3.63, 3.8) is 0 Å². The van der Waals surface area contributed by atoms with Gasteiger partial charge in [0.25, 0.3) is 0 Å². The van der Waals surface area contributed by atoms with E-state index in [1.54, 1.807) is 0 Å². The minimum absolute atomic E-state index is 0.391. The first kappa shape index (κ1) is 18.2. The maximum absolute atomic E-state index is 4.94. The second-order valence-electron chi connectivity index (χ2n) is 8.44. The van der Waals surface area contributed by atoms with Gasteiger partial charge in [-0.05, 0) is 36.3 Å². The van der Waals surface area contributed by atoms with Crippen LogP contribution in [0.2, 0.25) is 0 Å². The first-order chi connectivity index (χ1) is 12.0. The van der Waals surface area contributed by atoms with Gasteiger partial charge in [0.2, 0.25) is 0 Å². The fourth-order valence-electron chi connectivity index (χ4n) is 4.17. The molecule has 0 spiro atoms. The molecule has 0 bridgehead atoms. The molecule has 2 aromatic rings. The zero-order valence-electron chi connectivity index (χ0n) is 16.5.